The maximum atomic E-state index is 16.8. The van der Waals surface area contributed by atoms with Gasteiger partial charge >= 0.3 is 6.01 Å². The zero-order valence-electron chi connectivity index (χ0n) is 28.5. The Bertz CT molecular complexity index is 1970. The first-order chi connectivity index (χ1) is 24.2. The summed E-state index contributed by atoms with van der Waals surface area (Å²) in [5.41, 5.74) is 0.352. The lowest BCUT2D eigenvalue weighted by molar-refractivity contribution is -0.125. The minimum atomic E-state index is -0.904. The van der Waals surface area contributed by atoms with Crippen LogP contribution in [0.15, 0.2) is 54.7 Å². The summed E-state index contributed by atoms with van der Waals surface area (Å²) in [4.78, 5) is 35.6. The Labute approximate surface area is 295 Å². The number of pyridine rings is 1. The lowest BCUT2D eigenvalue weighted by Crippen LogP contribution is -2.46. The Hall–Kier alpha value is -3.93. The van der Waals surface area contributed by atoms with E-state index in [0.29, 0.717) is 59.3 Å². The smallest absolute Gasteiger partial charge is 0.319 e. The van der Waals surface area contributed by atoms with Crippen molar-refractivity contribution in [3.05, 3.63) is 65.6 Å². The molecule has 0 bridgehead atoms. The number of fused-ring (bicyclic) bond motifs is 3. The molecule has 262 valence electrons. The number of rotatable bonds is 9. The van der Waals surface area contributed by atoms with Gasteiger partial charge in [-0.2, -0.15) is 9.97 Å². The molecule has 0 unspecified atom stereocenters. The largest absolute Gasteiger partial charge is 0.461 e. The van der Waals surface area contributed by atoms with E-state index in [1.54, 1.807) is 18.3 Å². The van der Waals surface area contributed by atoms with E-state index < -0.39 is 17.5 Å². The third-order valence-corrected chi connectivity index (χ3v) is 11.7. The molecule has 1 amide bonds. The van der Waals surface area contributed by atoms with Crippen molar-refractivity contribution in [1.29, 1.82) is 0 Å². The zero-order valence-corrected chi connectivity index (χ0v) is 29.3. The van der Waals surface area contributed by atoms with Crippen molar-refractivity contribution in [2.75, 3.05) is 57.8 Å². The van der Waals surface area contributed by atoms with Gasteiger partial charge in [0.1, 0.15) is 29.8 Å². The molecule has 4 aromatic rings. The second-order valence-corrected chi connectivity index (χ2v) is 14.6. The Morgan fingerprint density at radius 2 is 1.98 bits per heavy atom. The molecule has 12 heteroatoms. The highest BCUT2D eigenvalue weighted by molar-refractivity contribution is 6.36. The van der Waals surface area contributed by atoms with E-state index in [0.717, 1.165) is 50.7 Å². The maximum Gasteiger partial charge on any atom is 0.319 e. The van der Waals surface area contributed by atoms with Crippen LogP contribution in [0.5, 0.6) is 6.01 Å². The second kappa shape index (κ2) is 13.3. The number of hydrogen-bond donors (Lipinski definition) is 0. The molecule has 0 radical (unpaired) electrons. The quantitative estimate of drug-likeness (QED) is 0.189. The van der Waals surface area contributed by atoms with Gasteiger partial charge in [0.15, 0.2) is 5.82 Å². The Balaban J connectivity index is 1.13. The molecular formula is C38H42ClF2N7O2. The van der Waals surface area contributed by atoms with Crippen molar-refractivity contribution >= 4 is 45.0 Å². The van der Waals surface area contributed by atoms with Gasteiger partial charge in [-0.25, -0.2) is 8.78 Å². The summed E-state index contributed by atoms with van der Waals surface area (Å²) in [6, 6.07) is 11.5. The second-order valence-electron chi connectivity index (χ2n) is 14.2. The van der Waals surface area contributed by atoms with Gasteiger partial charge in [0.2, 0.25) is 5.91 Å². The van der Waals surface area contributed by atoms with Crippen molar-refractivity contribution in [1.82, 2.24) is 29.7 Å². The average Bonchev–Trinajstić information content (AvgIpc) is 3.82. The molecule has 0 spiro atoms. The van der Waals surface area contributed by atoms with Crippen LogP contribution in [-0.4, -0.2) is 112 Å². The van der Waals surface area contributed by atoms with E-state index in [1.807, 2.05) is 53.3 Å². The van der Waals surface area contributed by atoms with Crippen LogP contribution in [0.1, 0.15) is 39.0 Å². The number of nitrogens with zero attached hydrogens (tertiary/aromatic N) is 7. The van der Waals surface area contributed by atoms with E-state index in [4.69, 9.17) is 21.3 Å². The summed E-state index contributed by atoms with van der Waals surface area (Å²) in [6.45, 7) is 6.73. The van der Waals surface area contributed by atoms with Crippen LogP contribution in [0.25, 0.3) is 32.9 Å². The van der Waals surface area contributed by atoms with E-state index in [9.17, 15) is 9.18 Å². The molecule has 2 aromatic heterocycles. The van der Waals surface area contributed by atoms with Gasteiger partial charge in [-0.05, 0) is 50.2 Å². The molecule has 0 saturated carbocycles. The number of carbonyl (C=O) groups excluding carboxylic acids is 1. The summed E-state index contributed by atoms with van der Waals surface area (Å²) in [5.74, 6) is -0.139. The fraction of sp³-hybridized carbons (Fsp3) is 0.474. The van der Waals surface area contributed by atoms with Gasteiger partial charge in [-0.1, -0.05) is 54.9 Å². The first kappa shape index (κ1) is 33.2. The van der Waals surface area contributed by atoms with E-state index in [1.165, 1.54) is 0 Å². The number of likely N-dealkylation sites (N-methyl/N-ethyl adjacent to an activating group) is 2. The van der Waals surface area contributed by atoms with Gasteiger partial charge in [0, 0.05) is 80.0 Å². The van der Waals surface area contributed by atoms with Gasteiger partial charge < -0.3 is 14.5 Å². The maximum absolute atomic E-state index is 16.8. The number of aromatic nitrogens is 3. The molecule has 8 rings (SSSR count). The summed E-state index contributed by atoms with van der Waals surface area (Å²) in [6.07, 6.45) is 8.43. The summed E-state index contributed by atoms with van der Waals surface area (Å²) in [5, 5.41) is 2.52. The van der Waals surface area contributed by atoms with E-state index in [-0.39, 0.29) is 35.8 Å². The third kappa shape index (κ3) is 5.86. The van der Waals surface area contributed by atoms with Crippen molar-refractivity contribution in [3.63, 3.8) is 0 Å². The molecule has 0 aliphatic carbocycles. The molecule has 4 fully saturated rings. The molecule has 4 aliphatic heterocycles. The fourth-order valence-corrected chi connectivity index (χ4v) is 8.77. The first-order valence-electron chi connectivity index (χ1n) is 17.7. The molecule has 4 saturated heterocycles. The Morgan fingerprint density at radius 1 is 1.14 bits per heavy atom. The van der Waals surface area contributed by atoms with Gasteiger partial charge in [-0.3, -0.25) is 19.6 Å². The zero-order chi connectivity index (χ0) is 34.6. The van der Waals surface area contributed by atoms with E-state index >= 15 is 4.39 Å². The van der Waals surface area contributed by atoms with Crippen molar-refractivity contribution < 1.29 is 18.3 Å². The van der Waals surface area contributed by atoms with Crippen molar-refractivity contribution in [3.8, 4) is 17.3 Å². The van der Waals surface area contributed by atoms with Crippen LogP contribution in [0.4, 0.5) is 14.6 Å². The number of anilines is 1. The number of amides is 1. The average molecular weight is 702 g/mol. The highest BCUT2D eigenvalue weighted by Crippen LogP contribution is 2.41. The van der Waals surface area contributed by atoms with Crippen molar-refractivity contribution in [2.45, 2.75) is 62.8 Å². The van der Waals surface area contributed by atoms with Crippen LogP contribution in [-0.2, 0) is 4.79 Å². The Morgan fingerprint density at radius 3 is 2.78 bits per heavy atom. The van der Waals surface area contributed by atoms with Gasteiger partial charge in [-0.15, -0.1) is 0 Å². The molecule has 0 N–H and O–H groups in total. The minimum absolute atomic E-state index is 0.00497. The number of benzene rings is 2. The molecule has 4 aliphatic rings. The molecule has 50 heavy (non-hydrogen) atoms. The van der Waals surface area contributed by atoms with Gasteiger partial charge in [0.25, 0.3) is 0 Å². The SMILES string of the molecule is CCN1CC[C@@H]1C=CC(=O)N1CC[C@@H](N(C)c2nc(OC[C@@]34CCCN3C[C@H](F)C4)nc3c(F)c(-c4cccc5cccc(Cl)c45)ncc23)C1. The van der Waals surface area contributed by atoms with Crippen LogP contribution in [0, 0.1) is 5.82 Å². The van der Waals surface area contributed by atoms with Crippen LogP contribution in [0.2, 0.25) is 5.02 Å². The summed E-state index contributed by atoms with van der Waals surface area (Å²) in [7, 11) is 1.91. The molecule has 9 nitrogen and oxygen atoms in total. The number of hydrogen-bond acceptors (Lipinski definition) is 8. The summed E-state index contributed by atoms with van der Waals surface area (Å²) >= 11 is 6.63. The Kier molecular flexibility index (Phi) is 8.85. The number of carbonyl (C=O) groups is 1. The number of halogens is 3. The first-order valence-corrected chi connectivity index (χ1v) is 18.1. The fourth-order valence-electron chi connectivity index (χ4n) is 8.48. The number of ether oxygens (including phenoxy) is 1. The molecular weight excluding hydrogens is 660 g/mol. The topological polar surface area (TPSA) is 77.9 Å². The normalized spacial score (nSPS) is 25.5. The predicted octanol–water partition coefficient (Wildman–Crippen LogP) is 6.28. The standard InChI is InChI=1S/C38H42ClF2N7O2/c1-3-46-17-13-26(46)11-12-31(49)47-18-14-27(22-47)45(2)36-29-20-42-34(28-9-4-7-24-8-5-10-30(39)32(24)28)33(41)35(29)43-37(44-36)50-23-38-15-6-16-48(38)21-25(40)19-38/h4-5,7-12,20,25-27H,3,6,13-19,21-23H2,1-2H3/t25-,26+,27-,38+/m1/s1. The highest BCUT2D eigenvalue weighted by Gasteiger charge is 2.49. The van der Waals surface area contributed by atoms with Crippen LogP contribution < -0.4 is 9.64 Å². The number of likely N-dealkylation sites (tertiary alicyclic amines) is 2. The minimum Gasteiger partial charge on any atom is -0.461 e. The third-order valence-electron chi connectivity index (χ3n) is 11.4. The van der Waals surface area contributed by atoms with E-state index in [2.05, 4.69) is 26.7 Å². The predicted molar refractivity (Wildman–Crippen MR) is 192 cm³/mol. The molecule has 2 aromatic carbocycles. The lowest BCUT2D eigenvalue weighted by Gasteiger charge is -2.38. The van der Waals surface area contributed by atoms with Gasteiger partial charge in [0.05, 0.1) is 10.9 Å². The van der Waals surface area contributed by atoms with Crippen LogP contribution >= 0.6 is 11.6 Å². The highest BCUT2D eigenvalue weighted by atomic mass is 35.5. The van der Waals surface area contributed by atoms with Crippen LogP contribution in [0.3, 0.4) is 0 Å². The molecule has 6 heterocycles. The monoisotopic (exact) mass is 701 g/mol. The molecule has 4 atom stereocenters. The lowest BCUT2D eigenvalue weighted by atomic mass is 9.95. The number of alkyl halides is 1. The summed E-state index contributed by atoms with van der Waals surface area (Å²) < 4.78 is 37.7. The van der Waals surface area contributed by atoms with Crippen molar-refractivity contribution in [2.24, 2.45) is 0 Å².